The predicted octanol–water partition coefficient (Wildman–Crippen LogP) is 2.78. The number of likely N-dealkylation sites (tertiary alicyclic amines) is 1. The van der Waals surface area contributed by atoms with Gasteiger partial charge in [-0.25, -0.2) is 8.78 Å². The number of alkyl halides is 5. The Hall–Kier alpha value is -1.74. The van der Waals surface area contributed by atoms with Gasteiger partial charge < -0.3 is 5.32 Å². The van der Waals surface area contributed by atoms with Crippen molar-refractivity contribution in [2.75, 3.05) is 19.6 Å². The summed E-state index contributed by atoms with van der Waals surface area (Å²) in [7, 11) is 0. The van der Waals surface area contributed by atoms with Crippen molar-refractivity contribution in [1.82, 2.24) is 15.5 Å². The Balaban J connectivity index is 1.46. The van der Waals surface area contributed by atoms with Gasteiger partial charge in [0.2, 0.25) is 5.91 Å². The molecule has 150 valence electrons. The van der Waals surface area contributed by atoms with Crippen LogP contribution < -0.4 is 10.6 Å². The van der Waals surface area contributed by atoms with Gasteiger partial charge in [-0.05, 0) is 24.5 Å². The predicted molar refractivity (Wildman–Crippen MR) is 89.2 cm³/mol. The second kappa shape index (κ2) is 7.71. The summed E-state index contributed by atoms with van der Waals surface area (Å²) in [6.45, 7) is 1.16. The van der Waals surface area contributed by atoms with Gasteiger partial charge in [0, 0.05) is 32.1 Å². The highest BCUT2D eigenvalue weighted by Crippen LogP contribution is 2.30. The first-order valence-electron chi connectivity index (χ1n) is 8.92. The first kappa shape index (κ1) is 20.0. The average molecular weight is 391 g/mol. The number of halogens is 5. The van der Waals surface area contributed by atoms with Crippen molar-refractivity contribution < 1.29 is 26.7 Å². The summed E-state index contributed by atoms with van der Waals surface area (Å²) in [6.07, 6.45) is -3.59. The third-order valence-corrected chi connectivity index (χ3v) is 5.02. The van der Waals surface area contributed by atoms with Gasteiger partial charge in [-0.1, -0.05) is 18.2 Å². The molecule has 4 nitrogen and oxygen atoms in total. The summed E-state index contributed by atoms with van der Waals surface area (Å²) < 4.78 is 64.7. The van der Waals surface area contributed by atoms with Crippen LogP contribution in [-0.4, -0.2) is 48.4 Å². The molecule has 2 aliphatic rings. The summed E-state index contributed by atoms with van der Waals surface area (Å²) in [5, 5.41) is 5.33. The van der Waals surface area contributed by atoms with Gasteiger partial charge >= 0.3 is 6.18 Å². The van der Waals surface area contributed by atoms with E-state index in [9.17, 15) is 26.7 Å². The summed E-state index contributed by atoms with van der Waals surface area (Å²) >= 11 is 0. The SMILES string of the molecule is O=C(NC1CCN(Cc2cccc(C(F)(F)F)c2)CC1)C1CC(F)(F)CN1. The van der Waals surface area contributed by atoms with E-state index in [4.69, 9.17) is 0 Å². The van der Waals surface area contributed by atoms with Crippen molar-refractivity contribution >= 4 is 5.91 Å². The molecule has 2 saturated heterocycles. The lowest BCUT2D eigenvalue weighted by Crippen LogP contribution is -2.49. The van der Waals surface area contributed by atoms with Gasteiger partial charge in [-0.3, -0.25) is 15.0 Å². The molecule has 0 aromatic heterocycles. The van der Waals surface area contributed by atoms with Crippen molar-refractivity contribution in [3.05, 3.63) is 35.4 Å². The molecule has 1 atom stereocenters. The summed E-state index contributed by atoms with van der Waals surface area (Å²) in [5.74, 6) is -3.26. The lowest BCUT2D eigenvalue weighted by atomic mass is 10.0. The Labute approximate surface area is 154 Å². The van der Waals surface area contributed by atoms with E-state index in [1.807, 2.05) is 4.90 Å². The normalized spacial score (nSPS) is 24.1. The van der Waals surface area contributed by atoms with E-state index < -0.39 is 42.6 Å². The number of nitrogens with zero attached hydrogens (tertiary/aromatic N) is 1. The number of hydrogen-bond acceptors (Lipinski definition) is 3. The van der Waals surface area contributed by atoms with Crippen molar-refractivity contribution in [2.45, 2.75) is 50.0 Å². The third kappa shape index (κ3) is 5.38. The smallest absolute Gasteiger partial charge is 0.352 e. The molecule has 9 heteroatoms. The van der Waals surface area contributed by atoms with Gasteiger partial charge in [0.15, 0.2) is 0 Å². The zero-order valence-corrected chi connectivity index (χ0v) is 14.7. The summed E-state index contributed by atoms with van der Waals surface area (Å²) in [5.41, 5.74) is -0.0762. The topological polar surface area (TPSA) is 44.4 Å². The fourth-order valence-corrected chi connectivity index (χ4v) is 3.54. The van der Waals surface area contributed by atoms with E-state index >= 15 is 0 Å². The van der Waals surface area contributed by atoms with Gasteiger partial charge in [0.25, 0.3) is 5.92 Å². The molecular formula is C18H22F5N3O. The highest BCUT2D eigenvalue weighted by atomic mass is 19.4. The Kier molecular flexibility index (Phi) is 5.71. The molecule has 2 fully saturated rings. The molecule has 27 heavy (non-hydrogen) atoms. The van der Waals surface area contributed by atoms with Crippen LogP contribution in [0.5, 0.6) is 0 Å². The molecule has 2 N–H and O–H groups in total. The fraction of sp³-hybridized carbons (Fsp3) is 0.611. The molecule has 2 aliphatic heterocycles. The van der Waals surface area contributed by atoms with Crippen LogP contribution in [0, 0.1) is 0 Å². The minimum Gasteiger partial charge on any atom is -0.352 e. The lowest BCUT2D eigenvalue weighted by Gasteiger charge is -2.33. The molecule has 1 unspecified atom stereocenters. The maximum atomic E-state index is 13.2. The van der Waals surface area contributed by atoms with Crippen LogP contribution in [0.2, 0.25) is 0 Å². The standard InChI is InChI=1S/C18H22F5N3O/c19-17(20)9-15(24-11-17)16(27)25-14-4-6-26(7-5-14)10-12-2-1-3-13(8-12)18(21,22)23/h1-3,8,14-15,24H,4-7,9-11H2,(H,25,27). The number of carbonyl (C=O) groups is 1. The summed E-state index contributed by atoms with van der Waals surface area (Å²) in [4.78, 5) is 14.1. The number of nitrogens with one attached hydrogen (secondary N) is 2. The Bertz CT molecular complexity index is 671. The van der Waals surface area contributed by atoms with Crippen LogP contribution in [0.15, 0.2) is 24.3 Å². The molecule has 0 spiro atoms. The minimum absolute atomic E-state index is 0.105. The van der Waals surface area contributed by atoms with Gasteiger partial charge in [0.05, 0.1) is 18.2 Å². The van der Waals surface area contributed by atoms with Crippen molar-refractivity contribution in [1.29, 1.82) is 0 Å². The van der Waals surface area contributed by atoms with Crippen LogP contribution in [0.1, 0.15) is 30.4 Å². The Morgan fingerprint density at radius 3 is 2.56 bits per heavy atom. The second-order valence-corrected chi connectivity index (χ2v) is 7.25. The number of benzene rings is 1. The first-order chi connectivity index (χ1) is 12.6. The highest BCUT2D eigenvalue weighted by molar-refractivity contribution is 5.82. The number of carbonyl (C=O) groups excluding carboxylic acids is 1. The van der Waals surface area contributed by atoms with E-state index in [0.29, 0.717) is 38.0 Å². The zero-order chi connectivity index (χ0) is 19.7. The molecule has 0 radical (unpaired) electrons. The fourth-order valence-electron chi connectivity index (χ4n) is 3.54. The van der Waals surface area contributed by atoms with E-state index in [1.54, 1.807) is 6.07 Å². The van der Waals surface area contributed by atoms with Crippen LogP contribution in [0.4, 0.5) is 22.0 Å². The maximum absolute atomic E-state index is 13.2. The minimum atomic E-state index is -4.36. The van der Waals surface area contributed by atoms with Crippen LogP contribution in [0.3, 0.4) is 0 Å². The molecule has 0 aliphatic carbocycles. The van der Waals surface area contributed by atoms with Crippen molar-refractivity contribution in [2.24, 2.45) is 0 Å². The van der Waals surface area contributed by atoms with E-state index in [0.717, 1.165) is 12.1 Å². The van der Waals surface area contributed by atoms with Gasteiger partial charge in [0.1, 0.15) is 0 Å². The summed E-state index contributed by atoms with van der Waals surface area (Å²) in [6, 6.07) is 4.28. The van der Waals surface area contributed by atoms with Gasteiger partial charge in [-0.2, -0.15) is 13.2 Å². The average Bonchev–Trinajstić information content (AvgIpc) is 2.96. The number of hydrogen-bond donors (Lipinski definition) is 2. The van der Waals surface area contributed by atoms with Crippen molar-refractivity contribution in [3.8, 4) is 0 Å². The molecular weight excluding hydrogens is 369 g/mol. The lowest BCUT2D eigenvalue weighted by molar-refractivity contribution is -0.137. The molecule has 1 amide bonds. The maximum Gasteiger partial charge on any atom is 0.416 e. The first-order valence-corrected chi connectivity index (χ1v) is 8.92. The van der Waals surface area contributed by atoms with Crippen LogP contribution in [0.25, 0.3) is 0 Å². The highest BCUT2D eigenvalue weighted by Gasteiger charge is 2.42. The van der Waals surface area contributed by atoms with Crippen LogP contribution in [-0.2, 0) is 17.5 Å². The van der Waals surface area contributed by atoms with Crippen LogP contribution >= 0.6 is 0 Å². The molecule has 1 aromatic rings. The zero-order valence-electron chi connectivity index (χ0n) is 14.7. The largest absolute Gasteiger partial charge is 0.416 e. The Morgan fingerprint density at radius 1 is 1.26 bits per heavy atom. The Morgan fingerprint density at radius 2 is 1.96 bits per heavy atom. The van der Waals surface area contributed by atoms with E-state index in [1.165, 1.54) is 6.07 Å². The third-order valence-electron chi connectivity index (χ3n) is 5.02. The molecule has 2 heterocycles. The number of amides is 1. The van der Waals surface area contributed by atoms with Gasteiger partial charge in [-0.15, -0.1) is 0 Å². The van der Waals surface area contributed by atoms with E-state index in [2.05, 4.69) is 10.6 Å². The molecule has 3 rings (SSSR count). The second-order valence-electron chi connectivity index (χ2n) is 7.25. The van der Waals surface area contributed by atoms with E-state index in [-0.39, 0.29) is 6.04 Å². The number of rotatable bonds is 4. The molecule has 0 bridgehead atoms. The number of piperidine rings is 1. The van der Waals surface area contributed by atoms with Crippen molar-refractivity contribution in [3.63, 3.8) is 0 Å². The molecule has 1 aromatic carbocycles. The monoisotopic (exact) mass is 391 g/mol. The molecule has 0 saturated carbocycles. The quantitative estimate of drug-likeness (QED) is 0.776.